The minimum absolute atomic E-state index is 0.625. The molecule has 0 aromatic heterocycles. The van der Waals surface area contributed by atoms with E-state index in [0.717, 1.165) is 6.04 Å². The van der Waals surface area contributed by atoms with Gasteiger partial charge < -0.3 is 0 Å². The molecule has 0 aromatic rings. The number of nitrogens with zero attached hydrogens (tertiary/aromatic N) is 2. The van der Waals surface area contributed by atoms with E-state index in [-0.39, 0.29) is 0 Å². The predicted molar refractivity (Wildman–Crippen MR) is 39.3 cm³/mol. The third-order valence-electron chi connectivity index (χ3n) is 2.47. The Labute approximate surface area is 57.4 Å². The summed E-state index contributed by atoms with van der Waals surface area (Å²) in [6, 6.07) is 0.727. The van der Waals surface area contributed by atoms with E-state index in [2.05, 4.69) is 37.7 Å². The minimum Gasteiger partial charge on any atom is -0.290 e. The molecular formula is C7H16N2. The van der Waals surface area contributed by atoms with E-state index in [9.17, 15) is 0 Å². The molecule has 2 heteroatoms. The van der Waals surface area contributed by atoms with Gasteiger partial charge in [-0.2, -0.15) is 0 Å². The second-order valence-electron chi connectivity index (χ2n) is 3.09. The van der Waals surface area contributed by atoms with Gasteiger partial charge in [0.2, 0.25) is 0 Å². The summed E-state index contributed by atoms with van der Waals surface area (Å²) in [5.74, 6) is 0. The summed E-state index contributed by atoms with van der Waals surface area (Å²) in [5, 5.41) is 0. The fourth-order valence-corrected chi connectivity index (χ4v) is 1.38. The van der Waals surface area contributed by atoms with Crippen LogP contribution in [0.4, 0.5) is 0 Å². The van der Waals surface area contributed by atoms with Crippen LogP contribution in [0.5, 0.6) is 0 Å². The molecule has 1 fully saturated rings. The molecule has 1 saturated heterocycles. The van der Waals surface area contributed by atoms with Crippen molar-refractivity contribution in [3.8, 4) is 0 Å². The van der Waals surface area contributed by atoms with Crippen LogP contribution in [0.15, 0.2) is 0 Å². The van der Waals surface area contributed by atoms with Crippen LogP contribution < -0.4 is 0 Å². The standard InChI is InChI=1S/C7H16N2/c1-6-5-8(3)7(2)9(6)4/h6-7H,5H2,1-4H3/t6-,7?/m0/s1. The van der Waals surface area contributed by atoms with Gasteiger partial charge in [-0.3, -0.25) is 9.80 Å². The van der Waals surface area contributed by atoms with Gasteiger partial charge in [-0.05, 0) is 27.9 Å². The molecule has 0 spiro atoms. The Bertz CT molecular complexity index is 91.1. The number of hydrogen-bond donors (Lipinski definition) is 0. The summed E-state index contributed by atoms with van der Waals surface area (Å²) in [5.41, 5.74) is 0. The molecule has 0 aromatic carbocycles. The molecule has 2 atom stereocenters. The molecular weight excluding hydrogens is 112 g/mol. The monoisotopic (exact) mass is 128 g/mol. The molecule has 1 unspecified atom stereocenters. The molecule has 0 N–H and O–H groups in total. The molecule has 1 heterocycles. The van der Waals surface area contributed by atoms with Crippen molar-refractivity contribution in [2.75, 3.05) is 20.6 Å². The van der Waals surface area contributed by atoms with Gasteiger partial charge in [0.25, 0.3) is 0 Å². The Balaban J connectivity index is 2.54. The summed E-state index contributed by atoms with van der Waals surface area (Å²) in [7, 11) is 4.35. The van der Waals surface area contributed by atoms with Crippen LogP contribution in [0, 0.1) is 0 Å². The van der Waals surface area contributed by atoms with Crippen LogP contribution in [0.2, 0.25) is 0 Å². The highest BCUT2D eigenvalue weighted by atomic mass is 15.4. The molecule has 0 bridgehead atoms. The summed E-state index contributed by atoms with van der Waals surface area (Å²) in [4.78, 5) is 4.75. The van der Waals surface area contributed by atoms with E-state index in [1.165, 1.54) is 6.54 Å². The van der Waals surface area contributed by atoms with E-state index in [1.807, 2.05) is 0 Å². The van der Waals surface area contributed by atoms with Crippen LogP contribution in [0.1, 0.15) is 13.8 Å². The van der Waals surface area contributed by atoms with Crippen molar-refractivity contribution >= 4 is 0 Å². The first-order valence-corrected chi connectivity index (χ1v) is 3.55. The molecule has 1 aliphatic heterocycles. The smallest absolute Gasteiger partial charge is 0.0591 e. The molecule has 2 nitrogen and oxygen atoms in total. The Morgan fingerprint density at radius 3 is 1.89 bits per heavy atom. The fourth-order valence-electron chi connectivity index (χ4n) is 1.38. The van der Waals surface area contributed by atoms with Gasteiger partial charge in [-0.1, -0.05) is 0 Å². The number of rotatable bonds is 0. The molecule has 0 saturated carbocycles. The second kappa shape index (κ2) is 2.27. The van der Waals surface area contributed by atoms with Crippen molar-refractivity contribution < 1.29 is 0 Å². The zero-order chi connectivity index (χ0) is 7.02. The van der Waals surface area contributed by atoms with Crippen LogP contribution >= 0.6 is 0 Å². The minimum atomic E-state index is 0.625. The van der Waals surface area contributed by atoms with Gasteiger partial charge in [0.05, 0.1) is 6.17 Å². The quantitative estimate of drug-likeness (QED) is 0.471. The first kappa shape index (κ1) is 7.03. The van der Waals surface area contributed by atoms with Crippen molar-refractivity contribution in [3.63, 3.8) is 0 Å². The van der Waals surface area contributed by atoms with E-state index in [0.29, 0.717) is 6.17 Å². The van der Waals surface area contributed by atoms with E-state index >= 15 is 0 Å². The fraction of sp³-hybridized carbons (Fsp3) is 1.00. The van der Waals surface area contributed by atoms with Crippen molar-refractivity contribution in [2.24, 2.45) is 0 Å². The maximum absolute atomic E-state index is 2.39. The van der Waals surface area contributed by atoms with Crippen molar-refractivity contribution in [2.45, 2.75) is 26.1 Å². The lowest BCUT2D eigenvalue weighted by molar-refractivity contribution is 0.192. The molecule has 0 amide bonds. The van der Waals surface area contributed by atoms with Crippen molar-refractivity contribution in [1.29, 1.82) is 0 Å². The van der Waals surface area contributed by atoms with E-state index in [4.69, 9.17) is 0 Å². The van der Waals surface area contributed by atoms with Crippen molar-refractivity contribution in [1.82, 2.24) is 9.80 Å². The molecule has 9 heavy (non-hydrogen) atoms. The van der Waals surface area contributed by atoms with Gasteiger partial charge >= 0.3 is 0 Å². The van der Waals surface area contributed by atoms with Gasteiger partial charge in [-0.25, -0.2) is 0 Å². The highest BCUT2D eigenvalue weighted by molar-refractivity contribution is 4.80. The van der Waals surface area contributed by atoms with Crippen LogP contribution in [-0.2, 0) is 0 Å². The van der Waals surface area contributed by atoms with Gasteiger partial charge in [0, 0.05) is 12.6 Å². The highest BCUT2D eigenvalue weighted by Crippen LogP contribution is 2.14. The van der Waals surface area contributed by atoms with Crippen LogP contribution in [0.25, 0.3) is 0 Å². The van der Waals surface area contributed by atoms with Gasteiger partial charge in [0.15, 0.2) is 0 Å². The number of likely N-dealkylation sites (N-methyl/N-ethyl adjacent to an activating group) is 2. The summed E-state index contributed by atoms with van der Waals surface area (Å²) >= 11 is 0. The van der Waals surface area contributed by atoms with Gasteiger partial charge in [0.1, 0.15) is 0 Å². The van der Waals surface area contributed by atoms with Gasteiger partial charge in [-0.15, -0.1) is 0 Å². The third-order valence-corrected chi connectivity index (χ3v) is 2.47. The first-order valence-electron chi connectivity index (χ1n) is 3.55. The Morgan fingerprint density at radius 1 is 1.22 bits per heavy atom. The summed E-state index contributed by atoms with van der Waals surface area (Å²) < 4.78 is 0. The van der Waals surface area contributed by atoms with Crippen LogP contribution in [0.3, 0.4) is 0 Å². The Hall–Kier alpha value is -0.0800. The SMILES string of the molecule is CC1N(C)C[C@H](C)N1C. The highest BCUT2D eigenvalue weighted by Gasteiger charge is 2.27. The summed E-state index contributed by atoms with van der Waals surface area (Å²) in [6.45, 7) is 5.71. The maximum Gasteiger partial charge on any atom is 0.0591 e. The molecule has 54 valence electrons. The topological polar surface area (TPSA) is 6.48 Å². The lowest BCUT2D eigenvalue weighted by atomic mass is 10.3. The molecule has 1 aliphatic rings. The second-order valence-corrected chi connectivity index (χ2v) is 3.09. The Kier molecular flexibility index (Phi) is 1.78. The van der Waals surface area contributed by atoms with Crippen LogP contribution in [-0.4, -0.2) is 42.6 Å². The zero-order valence-corrected chi connectivity index (χ0v) is 6.76. The zero-order valence-electron chi connectivity index (χ0n) is 6.76. The molecule has 0 radical (unpaired) electrons. The normalized spacial score (nSPS) is 40.0. The lowest BCUT2D eigenvalue weighted by Gasteiger charge is -2.21. The largest absolute Gasteiger partial charge is 0.290 e. The summed E-state index contributed by atoms with van der Waals surface area (Å²) in [6.07, 6.45) is 0.625. The average Bonchev–Trinajstić information content (AvgIpc) is 1.98. The molecule has 1 rings (SSSR count). The maximum atomic E-state index is 2.39. The van der Waals surface area contributed by atoms with E-state index < -0.39 is 0 Å². The Morgan fingerprint density at radius 2 is 1.78 bits per heavy atom. The average molecular weight is 128 g/mol. The van der Waals surface area contributed by atoms with Crippen molar-refractivity contribution in [3.05, 3.63) is 0 Å². The predicted octanol–water partition coefficient (Wildman–Crippen LogP) is 0.598. The third kappa shape index (κ3) is 1.10. The van der Waals surface area contributed by atoms with E-state index in [1.54, 1.807) is 0 Å². The lowest BCUT2D eigenvalue weighted by Crippen LogP contribution is -2.32. The first-order chi connectivity index (χ1) is 4.13. The molecule has 0 aliphatic carbocycles. The number of hydrogen-bond acceptors (Lipinski definition) is 2.